The van der Waals surface area contributed by atoms with E-state index in [0.29, 0.717) is 33.8 Å². The Labute approximate surface area is 161 Å². The summed E-state index contributed by atoms with van der Waals surface area (Å²) in [7, 11) is 0. The van der Waals surface area contributed by atoms with Gasteiger partial charge in [-0.1, -0.05) is 29.3 Å². The molecule has 138 valence electrons. The maximum Gasteiger partial charge on any atom is 0.303 e. The third-order valence-electron chi connectivity index (χ3n) is 4.14. The number of halogens is 2. The minimum atomic E-state index is -0.865. The van der Waals surface area contributed by atoms with Crippen molar-refractivity contribution in [2.24, 2.45) is 0 Å². The second kappa shape index (κ2) is 8.60. The molecule has 3 rings (SSSR count). The number of aliphatic carboxylic acids is 1. The molecule has 1 aliphatic carbocycles. The average Bonchev–Trinajstić information content (AvgIpc) is 2.56. The molecule has 1 aromatic heterocycles. The highest BCUT2D eigenvalue weighted by atomic mass is 35.5. The smallest absolute Gasteiger partial charge is 0.303 e. The number of carbonyl (C=O) groups is 1. The van der Waals surface area contributed by atoms with Gasteiger partial charge in [0.25, 0.3) is 0 Å². The molecule has 0 radical (unpaired) electrons. The highest BCUT2D eigenvalue weighted by molar-refractivity contribution is 6.37. The third-order valence-corrected chi connectivity index (χ3v) is 4.70. The van der Waals surface area contributed by atoms with E-state index in [1.165, 1.54) is 6.42 Å². The molecule has 7 heteroatoms. The molecule has 0 atom stereocenters. The second-order valence-electron chi connectivity index (χ2n) is 6.15. The van der Waals surface area contributed by atoms with Gasteiger partial charge in [0.05, 0.1) is 22.3 Å². The molecule has 26 heavy (non-hydrogen) atoms. The summed E-state index contributed by atoms with van der Waals surface area (Å²) >= 11 is 12.6. The van der Waals surface area contributed by atoms with Crippen LogP contribution in [0, 0.1) is 0 Å². The molecule has 0 bridgehead atoms. The fourth-order valence-electron chi connectivity index (χ4n) is 2.54. The van der Waals surface area contributed by atoms with Gasteiger partial charge in [0, 0.05) is 18.1 Å². The summed E-state index contributed by atoms with van der Waals surface area (Å²) in [6, 6.07) is 9.05. The van der Waals surface area contributed by atoms with Crippen molar-refractivity contribution in [3.63, 3.8) is 0 Å². The average molecular weight is 396 g/mol. The fraction of sp³-hybridized carbons (Fsp3) is 0.368. The van der Waals surface area contributed by atoms with E-state index in [1.807, 2.05) is 18.2 Å². The molecule has 0 saturated heterocycles. The number of carboxylic acids is 1. The minimum Gasteiger partial charge on any atom is -0.490 e. The first-order chi connectivity index (χ1) is 12.5. The van der Waals surface area contributed by atoms with Crippen molar-refractivity contribution >= 4 is 29.2 Å². The summed E-state index contributed by atoms with van der Waals surface area (Å²) in [6.07, 6.45) is 4.00. The Balaban J connectivity index is 1.72. The highest BCUT2D eigenvalue weighted by Gasteiger charge is 2.20. The highest BCUT2D eigenvalue weighted by Crippen LogP contribution is 2.37. The molecule has 2 aromatic rings. The lowest BCUT2D eigenvalue weighted by Gasteiger charge is -2.25. The number of rotatable bonds is 8. The summed E-state index contributed by atoms with van der Waals surface area (Å²) in [5.41, 5.74) is 1.47. The molecule has 0 aliphatic heterocycles. The van der Waals surface area contributed by atoms with Gasteiger partial charge in [0.2, 0.25) is 5.88 Å². The van der Waals surface area contributed by atoms with Crippen molar-refractivity contribution in [1.82, 2.24) is 4.98 Å². The predicted octanol–water partition coefficient (Wildman–Crippen LogP) is 5.23. The first-order valence-electron chi connectivity index (χ1n) is 8.50. The van der Waals surface area contributed by atoms with Crippen molar-refractivity contribution < 1.29 is 19.4 Å². The molecule has 1 heterocycles. The van der Waals surface area contributed by atoms with E-state index in [9.17, 15) is 4.79 Å². The van der Waals surface area contributed by atoms with E-state index in [2.05, 4.69) is 4.98 Å². The Morgan fingerprint density at radius 1 is 1.23 bits per heavy atom. The second-order valence-corrected chi connectivity index (χ2v) is 6.96. The number of hydrogen-bond donors (Lipinski definition) is 1. The zero-order chi connectivity index (χ0) is 18.5. The summed E-state index contributed by atoms with van der Waals surface area (Å²) in [5, 5.41) is 9.37. The number of ether oxygens (including phenoxy) is 2. The van der Waals surface area contributed by atoms with Crippen LogP contribution in [-0.2, 0) is 4.79 Å². The molecule has 1 aliphatic rings. The molecule has 0 unspecified atom stereocenters. The van der Waals surface area contributed by atoms with Crippen molar-refractivity contribution in [3.05, 3.63) is 40.4 Å². The first-order valence-corrected chi connectivity index (χ1v) is 9.26. The van der Waals surface area contributed by atoms with Crippen molar-refractivity contribution in [2.75, 3.05) is 6.61 Å². The molecule has 1 fully saturated rings. The first kappa shape index (κ1) is 18.8. The Kier molecular flexibility index (Phi) is 6.22. The van der Waals surface area contributed by atoms with E-state index in [1.54, 1.807) is 12.1 Å². The van der Waals surface area contributed by atoms with Crippen LogP contribution >= 0.6 is 23.2 Å². The van der Waals surface area contributed by atoms with E-state index in [0.717, 1.165) is 18.4 Å². The number of hydrogen-bond acceptors (Lipinski definition) is 4. The van der Waals surface area contributed by atoms with Gasteiger partial charge in [0.1, 0.15) is 6.10 Å². The predicted molar refractivity (Wildman–Crippen MR) is 100 cm³/mol. The maximum absolute atomic E-state index is 10.5. The maximum atomic E-state index is 10.5. The molecule has 0 spiro atoms. The van der Waals surface area contributed by atoms with Crippen LogP contribution in [0.25, 0.3) is 11.3 Å². The van der Waals surface area contributed by atoms with Gasteiger partial charge >= 0.3 is 5.97 Å². The van der Waals surface area contributed by atoms with Crippen LogP contribution in [0.1, 0.15) is 32.1 Å². The summed E-state index contributed by atoms with van der Waals surface area (Å²) in [5.74, 6) is 0.0778. The van der Waals surface area contributed by atoms with Crippen LogP contribution in [0.2, 0.25) is 10.0 Å². The number of nitrogens with zero attached hydrogens (tertiary/aromatic N) is 1. The molecule has 0 amide bonds. The summed E-state index contributed by atoms with van der Waals surface area (Å²) < 4.78 is 11.4. The van der Waals surface area contributed by atoms with Crippen molar-refractivity contribution in [3.8, 4) is 22.9 Å². The normalized spacial score (nSPS) is 13.9. The molecule has 1 saturated carbocycles. The van der Waals surface area contributed by atoms with Gasteiger partial charge in [-0.05, 0) is 43.9 Å². The van der Waals surface area contributed by atoms with Gasteiger partial charge < -0.3 is 14.6 Å². The monoisotopic (exact) mass is 395 g/mol. The van der Waals surface area contributed by atoms with Gasteiger partial charge in [-0.2, -0.15) is 0 Å². The largest absolute Gasteiger partial charge is 0.490 e. The van der Waals surface area contributed by atoms with Crippen LogP contribution in [0.3, 0.4) is 0 Å². The van der Waals surface area contributed by atoms with Gasteiger partial charge in [-0.25, -0.2) is 4.98 Å². The van der Waals surface area contributed by atoms with Crippen molar-refractivity contribution in [2.45, 2.75) is 38.2 Å². The fourth-order valence-corrected chi connectivity index (χ4v) is 3.14. The lowest BCUT2D eigenvalue weighted by Crippen LogP contribution is -2.24. The van der Waals surface area contributed by atoms with Crippen LogP contribution < -0.4 is 9.47 Å². The third kappa shape index (κ3) is 4.80. The molecular weight excluding hydrogens is 377 g/mol. The van der Waals surface area contributed by atoms with Crippen LogP contribution in [-0.4, -0.2) is 28.8 Å². The van der Waals surface area contributed by atoms with Gasteiger partial charge in [-0.3, -0.25) is 4.79 Å². The minimum absolute atomic E-state index is 0.0328. The number of carboxylic acid groups (broad SMARTS) is 1. The summed E-state index contributed by atoms with van der Waals surface area (Å²) in [6.45, 7) is 0.230. The molecule has 1 aromatic carbocycles. The Morgan fingerprint density at radius 3 is 2.58 bits per heavy atom. The van der Waals surface area contributed by atoms with E-state index in [4.69, 9.17) is 37.8 Å². The molecular formula is C19H19Cl2NO4. The number of pyridine rings is 1. The van der Waals surface area contributed by atoms with E-state index in [-0.39, 0.29) is 19.1 Å². The topological polar surface area (TPSA) is 68.7 Å². The lowest BCUT2D eigenvalue weighted by molar-refractivity contribution is -0.137. The number of benzene rings is 1. The molecule has 1 N–H and O–H groups in total. The SMILES string of the molecule is O=C(O)CCCOc1c(Cl)cc(-c2cccc(OC3CCC3)n2)cc1Cl. The lowest BCUT2D eigenvalue weighted by atomic mass is 9.96. The van der Waals surface area contributed by atoms with Crippen molar-refractivity contribution in [1.29, 1.82) is 0 Å². The molecule has 5 nitrogen and oxygen atoms in total. The van der Waals surface area contributed by atoms with E-state index >= 15 is 0 Å². The van der Waals surface area contributed by atoms with Crippen LogP contribution in [0.5, 0.6) is 11.6 Å². The Bertz CT molecular complexity index is 770. The van der Waals surface area contributed by atoms with Gasteiger partial charge in [-0.15, -0.1) is 0 Å². The summed E-state index contributed by atoms with van der Waals surface area (Å²) in [4.78, 5) is 15.1. The van der Waals surface area contributed by atoms with Gasteiger partial charge in [0.15, 0.2) is 5.75 Å². The van der Waals surface area contributed by atoms with Crippen LogP contribution in [0.15, 0.2) is 30.3 Å². The quantitative estimate of drug-likeness (QED) is 0.619. The van der Waals surface area contributed by atoms with E-state index < -0.39 is 5.97 Å². The zero-order valence-electron chi connectivity index (χ0n) is 14.1. The number of aromatic nitrogens is 1. The zero-order valence-corrected chi connectivity index (χ0v) is 15.6. The van der Waals surface area contributed by atoms with Crippen LogP contribution in [0.4, 0.5) is 0 Å². The Morgan fingerprint density at radius 2 is 1.96 bits per heavy atom. The standard InChI is InChI=1S/C19H19Cl2NO4/c20-14-10-12(11-15(21)19(14)25-9-3-8-18(23)24)16-6-2-7-17(22-16)26-13-4-1-5-13/h2,6-7,10-11,13H,1,3-5,8-9H2,(H,23,24). The Hall–Kier alpha value is -1.98.